The molecule has 0 fully saturated rings. The molecule has 10 aromatic rings. The Morgan fingerprint density at radius 1 is 0.322 bits per heavy atom. The van der Waals surface area contributed by atoms with Crippen LogP contribution in [0.2, 0.25) is 0 Å². The van der Waals surface area contributed by atoms with Crippen LogP contribution in [-0.2, 0) is 5.41 Å². The van der Waals surface area contributed by atoms with Gasteiger partial charge in [-0.15, -0.1) is 11.3 Å². The summed E-state index contributed by atoms with van der Waals surface area (Å²) in [4.78, 5) is 2.44. The highest BCUT2D eigenvalue weighted by molar-refractivity contribution is 7.25. The van der Waals surface area contributed by atoms with E-state index in [0.29, 0.717) is 0 Å². The van der Waals surface area contributed by atoms with E-state index in [0.717, 1.165) is 17.1 Å². The topological polar surface area (TPSA) is 3.24 Å². The van der Waals surface area contributed by atoms with Gasteiger partial charge < -0.3 is 4.90 Å². The smallest absolute Gasteiger partial charge is 0.0476 e. The normalized spacial score (nSPS) is 12.7. The van der Waals surface area contributed by atoms with E-state index < -0.39 is 0 Å². The van der Waals surface area contributed by atoms with Crippen molar-refractivity contribution in [3.8, 4) is 55.6 Å². The molecule has 0 radical (unpaired) electrons. The maximum Gasteiger partial charge on any atom is 0.0476 e. The Balaban J connectivity index is 1.03. The number of hydrogen-bond acceptors (Lipinski definition) is 2. The Morgan fingerprint density at radius 2 is 0.763 bits per heavy atom. The van der Waals surface area contributed by atoms with Crippen molar-refractivity contribution >= 4 is 48.6 Å². The van der Waals surface area contributed by atoms with Crippen LogP contribution in [0.1, 0.15) is 25.0 Å². The molecule has 0 aliphatic heterocycles. The SMILES string of the molecule is CC1(C)c2cc(-c3ccccc3)ccc2-c2ccc(N(c3ccc(-c4cc(-c5ccccc5)cc(-c5ccccc5)c4)cc3)c3ccc4c(c3)sc3ccccc34)cc21. The maximum atomic E-state index is 2.44. The van der Waals surface area contributed by atoms with Crippen LogP contribution in [0.25, 0.3) is 75.8 Å². The van der Waals surface area contributed by atoms with Gasteiger partial charge in [0, 0.05) is 42.6 Å². The fourth-order valence-electron chi connectivity index (χ4n) is 9.17. The van der Waals surface area contributed by atoms with E-state index in [2.05, 4.69) is 231 Å². The van der Waals surface area contributed by atoms with Crippen LogP contribution in [0, 0.1) is 0 Å². The van der Waals surface area contributed by atoms with E-state index in [1.807, 2.05) is 11.3 Å². The second kappa shape index (κ2) is 14.1. The predicted molar refractivity (Wildman–Crippen MR) is 253 cm³/mol. The number of hydrogen-bond donors (Lipinski definition) is 0. The number of anilines is 3. The highest BCUT2D eigenvalue weighted by atomic mass is 32.1. The van der Waals surface area contributed by atoms with Gasteiger partial charge in [0.1, 0.15) is 0 Å². The first-order valence-corrected chi connectivity index (χ1v) is 21.2. The van der Waals surface area contributed by atoms with E-state index in [4.69, 9.17) is 0 Å². The van der Waals surface area contributed by atoms with Gasteiger partial charge in [-0.3, -0.25) is 0 Å². The lowest BCUT2D eigenvalue weighted by Crippen LogP contribution is -2.16. The Hall–Kier alpha value is -7.00. The first-order chi connectivity index (χ1) is 29.0. The van der Waals surface area contributed by atoms with Gasteiger partial charge in [0.25, 0.3) is 0 Å². The van der Waals surface area contributed by atoms with Gasteiger partial charge in [-0.2, -0.15) is 0 Å². The molecule has 9 aromatic carbocycles. The molecule has 1 heterocycles. The Labute approximate surface area is 350 Å². The lowest BCUT2D eigenvalue weighted by molar-refractivity contribution is 0.660. The van der Waals surface area contributed by atoms with Crippen molar-refractivity contribution in [3.63, 3.8) is 0 Å². The first-order valence-electron chi connectivity index (χ1n) is 20.4. The summed E-state index contributed by atoms with van der Waals surface area (Å²) in [6.45, 7) is 4.76. The van der Waals surface area contributed by atoms with Gasteiger partial charge in [-0.1, -0.05) is 159 Å². The van der Waals surface area contributed by atoms with Crippen molar-refractivity contribution in [2.45, 2.75) is 19.3 Å². The minimum Gasteiger partial charge on any atom is -0.310 e. The van der Waals surface area contributed by atoms with Crippen LogP contribution in [0.15, 0.2) is 212 Å². The van der Waals surface area contributed by atoms with Gasteiger partial charge in [-0.25, -0.2) is 0 Å². The number of thiophene rings is 1. The molecule has 0 saturated heterocycles. The maximum absolute atomic E-state index is 2.44. The van der Waals surface area contributed by atoms with E-state index in [1.54, 1.807) is 0 Å². The summed E-state index contributed by atoms with van der Waals surface area (Å²) in [6, 6.07) is 78.1. The summed E-state index contributed by atoms with van der Waals surface area (Å²) in [5.74, 6) is 0. The van der Waals surface area contributed by atoms with Crippen LogP contribution < -0.4 is 4.90 Å². The van der Waals surface area contributed by atoms with Crippen LogP contribution >= 0.6 is 11.3 Å². The van der Waals surface area contributed by atoms with Crippen LogP contribution in [-0.4, -0.2) is 0 Å². The largest absolute Gasteiger partial charge is 0.310 e. The van der Waals surface area contributed by atoms with E-state index >= 15 is 0 Å². The molecule has 0 bridgehead atoms. The molecule has 1 aliphatic carbocycles. The van der Waals surface area contributed by atoms with Crippen LogP contribution in [0.5, 0.6) is 0 Å². The summed E-state index contributed by atoms with van der Waals surface area (Å²) in [6.07, 6.45) is 0. The minimum absolute atomic E-state index is 0.170. The van der Waals surface area contributed by atoms with Crippen molar-refractivity contribution in [1.82, 2.24) is 0 Å². The fourth-order valence-corrected chi connectivity index (χ4v) is 10.3. The lowest BCUT2D eigenvalue weighted by Gasteiger charge is -2.28. The van der Waals surface area contributed by atoms with Crippen LogP contribution in [0.4, 0.5) is 17.1 Å². The third-order valence-electron chi connectivity index (χ3n) is 12.3. The molecule has 1 nitrogen and oxygen atoms in total. The number of benzene rings is 9. The quantitative estimate of drug-likeness (QED) is 0.156. The van der Waals surface area contributed by atoms with Crippen molar-refractivity contribution in [2.75, 3.05) is 4.90 Å². The van der Waals surface area contributed by atoms with Crippen molar-refractivity contribution in [2.24, 2.45) is 0 Å². The van der Waals surface area contributed by atoms with E-state index in [-0.39, 0.29) is 5.41 Å². The Morgan fingerprint density at radius 3 is 1.39 bits per heavy atom. The molecule has 1 aliphatic rings. The molecule has 280 valence electrons. The Kier molecular flexibility index (Phi) is 8.43. The van der Waals surface area contributed by atoms with Gasteiger partial charge in [0.2, 0.25) is 0 Å². The number of fused-ring (bicyclic) bond motifs is 6. The Bertz CT molecular complexity index is 3100. The molecule has 11 rings (SSSR count). The zero-order valence-corrected chi connectivity index (χ0v) is 33.9. The molecule has 1 aromatic heterocycles. The summed E-state index contributed by atoms with van der Waals surface area (Å²) >= 11 is 1.87. The predicted octanol–water partition coefficient (Wildman–Crippen LogP) is 16.5. The zero-order valence-electron chi connectivity index (χ0n) is 33.1. The number of rotatable bonds is 7. The first kappa shape index (κ1) is 35.2. The van der Waals surface area contributed by atoms with Crippen LogP contribution in [0.3, 0.4) is 0 Å². The average Bonchev–Trinajstić information content (AvgIpc) is 3.78. The molecule has 0 amide bonds. The van der Waals surface area contributed by atoms with Gasteiger partial charge in [-0.05, 0) is 133 Å². The summed E-state index contributed by atoms with van der Waals surface area (Å²) in [5.41, 5.74) is 18.4. The second-order valence-electron chi connectivity index (χ2n) is 16.2. The standard InChI is InChI=1S/C57H41NS/c1-57(2)53-35-42(38-14-6-3-7-15-38)24-29-49(53)50-30-27-47(36-54(50)57)58(48-28-31-52-51-20-12-13-21-55(51)59-56(52)37-48)46-25-22-41(23-26-46)45-33-43(39-16-8-4-9-17-39)32-44(34-45)40-18-10-5-11-19-40/h3-37H,1-2H3. The van der Waals surface area contributed by atoms with E-state index in [1.165, 1.54) is 86.9 Å². The van der Waals surface area contributed by atoms with Crippen molar-refractivity contribution in [1.29, 1.82) is 0 Å². The fraction of sp³-hybridized carbons (Fsp3) is 0.0526. The second-order valence-corrected chi connectivity index (χ2v) is 17.3. The summed E-state index contributed by atoms with van der Waals surface area (Å²) < 4.78 is 2.61. The van der Waals surface area contributed by atoms with Crippen molar-refractivity contribution in [3.05, 3.63) is 223 Å². The van der Waals surface area contributed by atoms with E-state index in [9.17, 15) is 0 Å². The summed E-state index contributed by atoms with van der Waals surface area (Å²) in [7, 11) is 0. The summed E-state index contributed by atoms with van der Waals surface area (Å²) in [5, 5.41) is 2.62. The number of nitrogens with zero attached hydrogens (tertiary/aromatic N) is 1. The molecular weight excluding hydrogens is 731 g/mol. The third kappa shape index (κ3) is 6.16. The minimum atomic E-state index is -0.170. The van der Waals surface area contributed by atoms with Crippen molar-refractivity contribution < 1.29 is 0 Å². The zero-order chi connectivity index (χ0) is 39.5. The van der Waals surface area contributed by atoms with Gasteiger partial charge in [0.05, 0.1) is 0 Å². The molecule has 0 spiro atoms. The lowest BCUT2D eigenvalue weighted by atomic mass is 9.81. The molecule has 0 N–H and O–H groups in total. The monoisotopic (exact) mass is 771 g/mol. The molecule has 0 saturated carbocycles. The highest BCUT2D eigenvalue weighted by Crippen LogP contribution is 2.52. The molecular formula is C57H41NS. The molecule has 0 atom stereocenters. The molecule has 0 unspecified atom stereocenters. The molecule has 2 heteroatoms. The molecule has 59 heavy (non-hydrogen) atoms. The van der Waals surface area contributed by atoms with Gasteiger partial charge >= 0.3 is 0 Å². The van der Waals surface area contributed by atoms with Gasteiger partial charge in [0.15, 0.2) is 0 Å². The average molecular weight is 772 g/mol. The third-order valence-corrected chi connectivity index (χ3v) is 13.4. The highest BCUT2D eigenvalue weighted by Gasteiger charge is 2.36.